The van der Waals surface area contributed by atoms with Crippen LogP contribution in [0.4, 0.5) is 0 Å². The van der Waals surface area contributed by atoms with E-state index < -0.39 is 5.97 Å². The molecule has 0 aromatic carbocycles. The fourth-order valence-corrected chi connectivity index (χ4v) is 3.92. The summed E-state index contributed by atoms with van der Waals surface area (Å²) < 4.78 is 0. The maximum atomic E-state index is 11.2. The van der Waals surface area contributed by atoms with Gasteiger partial charge in [0.25, 0.3) is 0 Å². The number of carboxylic acid groups (broad SMARTS) is 1. The highest BCUT2D eigenvalue weighted by Gasteiger charge is 2.19. The Morgan fingerprint density at radius 1 is 1.29 bits per heavy atom. The molecule has 21 heavy (non-hydrogen) atoms. The second-order valence-electron chi connectivity index (χ2n) is 4.26. The van der Waals surface area contributed by atoms with Gasteiger partial charge in [0.15, 0.2) is 0 Å². The lowest BCUT2D eigenvalue weighted by atomic mass is 10.2. The van der Waals surface area contributed by atoms with E-state index in [1.807, 2.05) is 6.92 Å². The summed E-state index contributed by atoms with van der Waals surface area (Å²) >= 11 is 2.55. The summed E-state index contributed by atoms with van der Waals surface area (Å²) in [6.07, 6.45) is 3.13. The molecule has 6 nitrogen and oxygen atoms in total. The van der Waals surface area contributed by atoms with Crippen molar-refractivity contribution in [1.82, 2.24) is 19.9 Å². The maximum Gasteiger partial charge on any atom is 0.346 e. The van der Waals surface area contributed by atoms with Crippen LogP contribution in [0.2, 0.25) is 0 Å². The molecule has 0 aliphatic heterocycles. The predicted octanol–water partition coefficient (Wildman–Crippen LogP) is 2.95. The van der Waals surface area contributed by atoms with Gasteiger partial charge in [-0.15, -0.1) is 11.3 Å². The van der Waals surface area contributed by atoms with Crippen molar-refractivity contribution in [2.24, 2.45) is 0 Å². The molecule has 0 amide bonds. The van der Waals surface area contributed by atoms with Gasteiger partial charge in [-0.1, -0.05) is 0 Å². The Hall–Kier alpha value is -2.06. The van der Waals surface area contributed by atoms with E-state index in [1.54, 1.807) is 19.2 Å². The van der Waals surface area contributed by atoms with Crippen LogP contribution in [0, 0.1) is 13.8 Å². The standard InChI is InChI=1S/C13H10N4O2S2/c1-6-9-11(20-8-3-4-14-7(2)17-8)15-5-16-12(9)21-10(6)13(18)19/h3-5H,1-2H3,(H,18,19). The molecule has 106 valence electrons. The molecule has 0 saturated heterocycles. The van der Waals surface area contributed by atoms with Gasteiger partial charge in [-0.3, -0.25) is 0 Å². The molecular formula is C13H10N4O2S2. The summed E-state index contributed by atoms with van der Waals surface area (Å²) in [4.78, 5) is 29.0. The molecule has 0 atom stereocenters. The van der Waals surface area contributed by atoms with Gasteiger partial charge in [0.05, 0.1) is 0 Å². The molecule has 0 spiro atoms. The third kappa shape index (κ3) is 2.59. The summed E-state index contributed by atoms with van der Waals surface area (Å²) in [7, 11) is 0. The third-order valence-electron chi connectivity index (χ3n) is 2.84. The van der Waals surface area contributed by atoms with E-state index in [0.717, 1.165) is 21.7 Å². The fourth-order valence-electron chi connectivity index (χ4n) is 1.91. The van der Waals surface area contributed by atoms with Gasteiger partial charge >= 0.3 is 5.97 Å². The van der Waals surface area contributed by atoms with Crippen LogP contribution >= 0.6 is 23.1 Å². The quantitative estimate of drug-likeness (QED) is 0.743. The number of carboxylic acids is 1. The average molecular weight is 318 g/mol. The molecule has 0 radical (unpaired) electrons. The van der Waals surface area contributed by atoms with Crippen molar-refractivity contribution in [1.29, 1.82) is 0 Å². The number of rotatable bonds is 3. The largest absolute Gasteiger partial charge is 0.477 e. The summed E-state index contributed by atoms with van der Waals surface area (Å²) in [5.74, 6) is -0.261. The summed E-state index contributed by atoms with van der Waals surface area (Å²) in [6.45, 7) is 3.60. The van der Waals surface area contributed by atoms with Crippen molar-refractivity contribution in [2.75, 3.05) is 0 Å². The lowest BCUT2D eigenvalue weighted by Gasteiger charge is -2.02. The van der Waals surface area contributed by atoms with Gasteiger partial charge in [-0.05, 0) is 37.2 Å². The molecule has 8 heteroatoms. The minimum Gasteiger partial charge on any atom is -0.477 e. The van der Waals surface area contributed by atoms with Gasteiger partial charge in [0.2, 0.25) is 0 Å². The van der Waals surface area contributed by atoms with Crippen molar-refractivity contribution in [2.45, 2.75) is 23.9 Å². The molecule has 0 saturated carbocycles. The summed E-state index contributed by atoms with van der Waals surface area (Å²) in [5.41, 5.74) is 0.691. The van der Waals surface area contributed by atoms with Gasteiger partial charge in [-0.2, -0.15) is 0 Å². The molecule has 1 N–H and O–H groups in total. The van der Waals surface area contributed by atoms with E-state index in [4.69, 9.17) is 0 Å². The number of aromatic nitrogens is 4. The number of hydrogen-bond acceptors (Lipinski definition) is 7. The molecule has 0 aliphatic rings. The normalized spacial score (nSPS) is 11.0. The SMILES string of the molecule is Cc1nccc(Sc2ncnc3sc(C(=O)O)c(C)c23)n1. The lowest BCUT2D eigenvalue weighted by Crippen LogP contribution is -1.94. The number of aryl methyl sites for hydroxylation is 2. The molecular weight excluding hydrogens is 308 g/mol. The number of aromatic carboxylic acids is 1. The first-order chi connectivity index (χ1) is 10.1. The Bertz CT molecular complexity index is 847. The van der Waals surface area contributed by atoms with Crippen LogP contribution in [-0.4, -0.2) is 31.0 Å². The molecule has 3 aromatic rings. The van der Waals surface area contributed by atoms with Crippen molar-refractivity contribution in [3.05, 3.63) is 34.9 Å². The Labute approximate surface area is 128 Å². The number of carbonyl (C=O) groups is 1. The Kier molecular flexibility index (Phi) is 3.56. The van der Waals surface area contributed by atoms with E-state index in [-0.39, 0.29) is 0 Å². The highest BCUT2D eigenvalue weighted by Crippen LogP contribution is 2.37. The smallest absolute Gasteiger partial charge is 0.346 e. The number of hydrogen-bond donors (Lipinski definition) is 1. The van der Waals surface area contributed by atoms with E-state index in [1.165, 1.54) is 18.1 Å². The minimum atomic E-state index is -0.940. The van der Waals surface area contributed by atoms with Crippen LogP contribution < -0.4 is 0 Å². The summed E-state index contributed by atoms with van der Waals surface area (Å²) in [6, 6.07) is 1.80. The highest BCUT2D eigenvalue weighted by molar-refractivity contribution is 7.99. The van der Waals surface area contributed by atoms with Crippen molar-refractivity contribution >= 4 is 39.3 Å². The van der Waals surface area contributed by atoms with E-state index >= 15 is 0 Å². The average Bonchev–Trinajstić information content (AvgIpc) is 2.77. The van der Waals surface area contributed by atoms with Gasteiger partial charge in [0.1, 0.15) is 31.9 Å². The van der Waals surface area contributed by atoms with E-state index in [2.05, 4.69) is 19.9 Å². The number of thiophene rings is 1. The Morgan fingerprint density at radius 3 is 2.81 bits per heavy atom. The zero-order valence-corrected chi connectivity index (χ0v) is 12.8. The highest BCUT2D eigenvalue weighted by atomic mass is 32.2. The predicted molar refractivity (Wildman–Crippen MR) is 80.0 cm³/mol. The fraction of sp³-hybridized carbons (Fsp3) is 0.154. The summed E-state index contributed by atoms with van der Waals surface area (Å²) in [5, 5.41) is 11.5. The van der Waals surface area contributed by atoms with Crippen LogP contribution in [0.1, 0.15) is 21.1 Å². The molecule has 3 rings (SSSR count). The van der Waals surface area contributed by atoms with Crippen molar-refractivity contribution in [3.63, 3.8) is 0 Å². The topological polar surface area (TPSA) is 88.9 Å². The lowest BCUT2D eigenvalue weighted by molar-refractivity contribution is 0.0701. The van der Waals surface area contributed by atoms with Gasteiger partial charge in [0, 0.05) is 11.6 Å². The zero-order valence-electron chi connectivity index (χ0n) is 11.2. The van der Waals surface area contributed by atoms with E-state index in [0.29, 0.717) is 26.1 Å². The van der Waals surface area contributed by atoms with Crippen LogP contribution in [0.5, 0.6) is 0 Å². The maximum absolute atomic E-state index is 11.2. The van der Waals surface area contributed by atoms with Crippen LogP contribution in [0.3, 0.4) is 0 Å². The minimum absolute atomic E-state index is 0.297. The van der Waals surface area contributed by atoms with Gasteiger partial charge in [-0.25, -0.2) is 24.7 Å². The monoisotopic (exact) mass is 318 g/mol. The molecule has 0 fully saturated rings. The molecule has 0 unspecified atom stereocenters. The van der Waals surface area contributed by atoms with Crippen LogP contribution in [0.25, 0.3) is 10.2 Å². The molecule has 3 heterocycles. The first kappa shape index (κ1) is 13.9. The zero-order chi connectivity index (χ0) is 15.0. The first-order valence-electron chi connectivity index (χ1n) is 6.01. The van der Waals surface area contributed by atoms with Gasteiger partial charge < -0.3 is 5.11 Å². The van der Waals surface area contributed by atoms with Crippen LogP contribution in [-0.2, 0) is 0 Å². The number of fused-ring (bicyclic) bond motifs is 1. The Morgan fingerprint density at radius 2 is 2.10 bits per heavy atom. The Balaban J connectivity index is 2.12. The van der Waals surface area contributed by atoms with Crippen LogP contribution in [0.15, 0.2) is 28.6 Å². The molecule has 3 aromatic heterocycles. The molecule has 0 bridgehead atoms. The third-order valence-corrected chi connectivity index (χ3v) is 4.97. The molecule has 0 aliphatic carbocycles. The van der Waals surface area contributed by atoms with Crippen molar-refractivity contribution in [3.8, 4) is 0 Å². The first-order valence-corrected chi connectivity index (χ1v) is 7.64. The second kappa shape index (κ2) is 5.38. The number of nitrogens with zero attached hydrogens (tertiary/aromatic N) is 4. The second-order valence-corrected chi connectivity index (χ2v) is 6.27. The van der Waals surface area contributed by atoms with E-state index in [9.17, 15) is 9.90 Å². The van der Waals surface area contributed by atoms with Crippen molar-refractivity contribution < 1.29 is 9.90 Å².